The molecule has 9 heteroatoms. The Bertz CT molecular complexity index is 1230. The van der Waals surface area contributed by atoms with E-state index in [1.54, 1.807) is 24.3 Å². The maximum absolute atomic E-state index is 13.0. The van der Waals surface area contributed by atoms with E-state index in [1.165, 1.54) is 17.0 Å². The predicted octanol–water partition coefficient (Wildman–Crippen LogP) is 5.85. The minimum Gasteiger partial charge on any atom is -0.493 e. The van der Waals surface area contributed by atoms with Crippen LogP contribution in [0.5, 0.6) is 11.5 Å². The van der Waals surface area contributed by atoms with Gasteiger partial charge in [0.25, 0.3) is 11.6 Å². The Kier molecular flexibility index (Phi) is 7.56. The molecule has 3 aromatic carbocycles. The molecule has 0 atom stereocenters. The highest BCUT2D eigenvalue weighted by Crippen LogP contribution is 2.37. The van der Waals surface area contributed by atoms with Crippen LogP contribution in [0.15, 0.2) is 83.8 Å². The standard InChI is InChI=1S/C25H20N2O5S2/c28-24-23(34-25(33)26(24)19-8-3-1-4-9-19)17-18-16-20(27(29)30)12-13-22(18)32-15-7-14-31-21-10-5-2-6-11-21/h1-6,8-13,16-17H,7,14-15H2. The highest BCUT2D eigenvalue weighted by atomic mass is 32.2. The molecule has 1 heterocycles. The first kappa shape index (κ1) is 23.5. The van der Waals surface area contributed by atoms with Gasteiger partial charge in [-0.2, -0.15) is 0 Å². The molecule has 4 rings (SSSR count). The van der Waals surface area contributed by atoms with Gasteiger partial charge in [0.1, 0.15) is 11.5 Å². The number of ether oxygens (including phenoxy) is 2. The lowest BCUT2D eigenvalue weighted by Gasteiger charge is -2.14. The number of carbonyl (C=O) groups is 1. The topological polar surface area (TPSA) is 81.9 Å². The molecule has 1 saturated heterocycles. The van der Waals surface area contributed by atoms with Crippen LogP contribution in [0.3, 0.4) is 0 Å². The summed E-state index contributed by atoms with van der Waals surface area (Å²) < 4.78 is 11.9. The number of hydrogen-bond acceptors (Lipinski definition) is 7. The van der Waals surface area contributed by atoms with Gasteiger partial charge in [-0.05, 0) is 36.4 Å². The summed E-state index contributed by atoms with van der Waals surface area (Å²) in [5.41, 5.74) is 1.01. The number of nitro groups is 1. The molecule has 0 aromatic heterocycles. The lowest BCUT2D eigenvalue weighted by atomic mass is 10.1. The number of anilines is 1. The van der Waals surface area contributed by atoms with Crippen molar-refractivity contribution in [2.24, 2.45) is 0 Å². The summed E-state index contributed by atoms with van der Waals surface area (Å²) >= 11 is 6.55. The van der Waals surface area contributed by atoms with Crippen molar-refractivity contribution in [1.82, 2.24) is 0 Å². The highest BCUT2D eigenvalue weighted by molar-refractivity contribution is 8.27. The number of rotatable bonds is 9. The first-order valence-corrected chi connectivity index (χ1v) is 11.7. The largest absolute Gasteiger partial charge is 0.493 e. The van der Waals surface area contributed by atoms with Gasteiger partial charge in [0, 0.05) is 24.1 Å². The second-order valence-electron chi connectivity index (χ2n) is 7.20. The van der Waals surface area contributed by atoms with Crippen molar-refractivity contribution in [2.75, 3.05) is 18.1 Å². The molecule has 34 heavy (non-hydrogen) atoms. The van der Waals surface area contributed by atoms with Crippen LogP contribution in [0.4, 0.5) is 11.4 Å². The number of para-hydroxylation sites is 2. The second-order valence-corrected chi connectivity index (χ2v) is 8.87. The lowest BCUT2D eigenvalue weighted by Crippen LogP contribution is -2.27. The van der Waals surface area contributed by atoms with E-state index in [1.807, 2.05) is 48.5 Å². The van der Waals surface area contributed by atoms with E-state index in [0.29, 0.717) is 45.9 Å². The van der Waals surface area contributed by atoms with Crippen LogP contribution < -0.4 is 14.4 Å². The van der Waals surface area contributed by atoms with Crippen LogP contribution in [0.2, 0.25) is 0 Å². The SMILES string of the molecule is O=C1C(=Cc2cc([N+](=O)[O-])ccc2OCCCOc2ccccc2)SC(=S)N1c1ccccc1. The average Bonchev–Trinajstić information content (AvgIpc) is 3.13. The first-order valence-electron chi connectivity index (χ1n) is 10.4. The Labute approximate surface area is 206 Å². The van der Waals surface area contributed by atoms with E-state index in [0.717, 1.165) is 17.5 Å². The second kappa shape index (κ2) is 11.0. The summed E-state index contributed by atoms with van der Waals surface area (Å²) in [5, 5.41) is 11.3. The summed E-state index contributed by atoms with van der Waals surface area (Å²) in [6.45, 7) is 0.804. The molecular formula is C25H20N2O5S2. The third-order valence-electron chi connectivity index (χ3n) is 4.86. The van der Waals surface area contributed by atoms with Gasteiger partial charge < -0.3 is 9.47 Å². The van der Waals surface area contributed by atoms with Crippen LogP contribution in [-0.4, -0.2) is 28.4 Å². The molecule has 1 aliphatic heterocycles. The van der Waals surface area contributed by atoms with Crippen LogP contribution >= 0.6 is 24.0 Å². The summed E-state index contributed by atoms with van der Waals surface area (Å²) in [4.78, 5) is 25.7. The maximum atomic E-state index is 13.0. The van der Waals surface area contributed by atoms with Gasteiger partial charge in [-0.15, -0.1) is 0 Å². The van der Waals surface area contributed by atoms with Crippen LogP contribution in [0.1, 0.15) is 12.0 Å². The van der Waals surface area contributed by atoms with Gasteiger partial charge in [-0.3, -0.25) is 19.8 Å². The normalized spacial score (nSPS) is 14.5. The Hall–Kier alpha value is -3.69. The Morgan fingerprint density at radius 2 is 1.65 bits per heavy atom. The summed E-state index contributed by atoms with van der Waals surface area (Å²) in [6.07, 6.45) is 2.20. The van der Waals surface area contributed by atoms with E-state index in [-0.39, 0.29) is 11.6 Å². The number of non-ortho nitro benzene ring substituents is 1. The highest BCUT2D eigenvalue weighted by Gasteiger charge is 2.33. The summed E-state index contributed by atoms with van der Waals surface area (Å²) in [5.74, 6) is 0.934. The molecule has 1 fully saturated rings. The van der Waals surface area contributed by atoms with Gasteiger partial charge >= 0.3 is 0 Å². The van der Waals surface area contributed by atoms with Gasteiger partial charge in [0.2, 0.25) is 0 Å². The molecule has 0 saturated carbocycles. The zero-order valence-corrected chi connectivity index (χ0v) is 19.6. The molecule has 172 valence electrons. The zero-order chi connectivity index (χ0) is 23.9. The third-order valence-corrected chi connectivity index (χ3v) is 6.16. The molecule has 0 bridgehead atoms. The first-order chi connectivity index (χ1) is 16.5. The summed E-state index contributed by atoms with van der Waals surface area (Å²) in [7, 11) is 0. The Balaban J connectivity index is 1.49. The minimum absolute atomic E-state index is 0.0930. The van der Waals surface area contributed by atoms with Crippen molar-refractivity contribution >= 4 is 51.7 Å². The van der Waals surface area contributed by atoms with Crippen molar-refractivity contribution in [3.8, 4) is 11.5 Å². The van der Waals surface area contributed by atoms with Crippen molar-refractivity contribution in [2.45, 2.75) is 6.42 Å². The average molecular weight is 493 g/mol. The molecule has 1 aliphatic rings. The number of carbonyl (C=O) groups excluding carboxylic acids is 1. The number of hydrogen-bond donors (Lipinski definition) is 0. The number of amides is 1. The van der Waals surface area contributed by atoms with Gasteiger partial charge in [-0.25, -0.2) is 0 Å². The van der Waals surface area contributed by atoms with Gasteiger partial charge in [-0.1, -0.05) is 60.4 Å². The number of thioether (sulfide) groups is 1. The molecular weight excluding hydrogens is 472 g/mol. The monoisotopic (exact) mass is 492 g/mol. The number of thiocarbonyl (C=S) groups is 1. The fourth-order valence-electron chi connectivity index (χ4n) is 3.25. The van der Waals surface area contributed by atoms with Crippen LogP contribution in [0, 0.1) is 10.1 Å². The van der Waals surface area contributed by atoms with Crippen molar-refractivity contribution in [3.63, 3.8) is 0 Å². The quantitative estimate of drug-likeness (QED) is 0.122. The molecule has 7 nitrogen and oxygen atoms in total. The third kappa shape index (κ3) is 5.62. The summed E-state index contributed by atoms with van der Waals surface area (Å²) in [6, 6.07) is 22.9. The fraction of sp³-hybridized carbons (Fsp3) is 0.120. The predicted molar refractivity (Wildman–Crippen MR) is 137 cm³/mol. The van der Waals surface area contributed by atoms with Crippen molar-refractivity contribution in [3.05, 3.63) is 99.4 Å². The van der Waals surface area contributed by atoms with Crippen LogP contribution in [-0.2, 0) is 4.79 Å². The van der Waals surface area contributed by atoms with E-state index in [2.05, 4.69) is 0 Å². The Morgan fingerprint density at radius 1 is 0.971 bits per heavy atom. The molecule has 1 amide bonds. The molecule has 3 aromatic rings. The molecule has 0 unspecified atom stereocenters. The zero-order valence-electron chi connectivity index (χ0n) is 18.0. The molecule has 0 spiro atoms. The number of benzene rings is 3. The number of nitrogens with zero attached hydrogens (tertiary/aromatic N) is 2. The maximum Gasteiger partial charge on any atom is 0.270 e. The lowest BCUT2D eigenvalue weighted by molar-refractivity contribution is -0.384. The fourth-order valence-corrected chi connectivity index (χ4v) is 4.54. The smallest absolute Gasteiger partial charge is 0.270 e. The van der Waals surface area contributed by atoms with E-state index < -0.39 is 4.92 Å². The number of nitro benzene ring substituents is 1. The Morgan fingerprint density at radius 3 is 2.35 bits per heavy atom. The van der Waals surface area contributed by atoms with E-state index in [9.17, 15) is 14.9 Å². The minimum atomic E-state index is -0.482. The van der Waals surface area contributed by atoms with Crippen LogP contribution in [0.25, 0.3) is 6.08 Å². The van der Waals surface area contributed by atoms with E-state index >= 15 is 0 Å². The van der Waals surface area contributed by atoms with Crippen molar-refractivity contribution < 1.29 is 19.2 Å². The molecule has 0 radical (unpaired) electrons. The van der Waals surface area contributed by atoms with E-state index in [4.69, 9.17) is 21.7 Å². The molecule has 0 aliphatic carbocycles. The van der Waals surface area contributed by atoms with Gasteiger partial charge in [0.05, 0.1) is 28.7 Å². The van der Waals surface area contributed by atoms with Gasteiger partial charge in [0.15, 0.2) is 4.32 Å². The van der Waals surface area contributed by atoms with Crippen molar-refractivity contribution in [1.29, 1.82) is 0 Å². The molecule has 0 N–H and O–H groups in total.